The zero-order valence-electron chi connectivity index (χ0n) is 12.4. The predicted molar refractivity (Wildman–Crippen MR) is 85.5 cm³/mol. The van der Waals surface area contributed by atoms with E-state index < -0.39 is 0 Å². The topological polar surface area (TPSA) is 96.3 Å². The number of halogens is 1. The van der Waals surface area contributed by atoms with Crippen LogP contribution in [-0.4, -0.2) is 29.2 Å². The minimum atomic E-state index is 0.0199. The number of hydrogen-bond donors (Lipinski definition) is 1. The number of anilines is 1. The van der Waals surface area contributed by atoms with Gasteiger partial charge in [0.2, 0.25) is 5.28 Å². The highest BCUT2D eigenvalue weighted by Gasteiger charge is 2.19. The standard InChI is InChI=1S/C15H13ClN4O3/c1-21-9-5-8(6-10(7-9)22-2)12-13(23-15(17)20-12)11-3-4-18-14(16)19-11/h3-7H,1-2H3,(H2,17,20). The highest BCUT2D eigenvalue weighted by molar-refractivity contribution is 6.28. The number of aromatic nitrogens is 3. The van der Waals surface area contributed by atoms with Crippen molar-refractivity contribution >= 4 is 17.6 Å². The van der Waals surface area contributed by atoms with E-state index in [1.54, 1.807) is 38.5 Å². The van der Waals surface area contributed by atoms with E-state index in [4.69, 9.17) is 31.2 Å². The Morgan fingerprint density at radius 3 is 2.39 bits per heavy atom. The van der Waals surface area contributed by atoms with E-state index in [1.807, 2.05) is 0 Å². The molecule has 0 saturated heterocycles. The summed E-state index contributed by atoms with van der Waals surface area (Å²) in [5.41, 5.74) is 7.42. The number of benzene rings is 1. The summed E-state index contributed by atoms with van der Waals surface area (Å²) < 4.78 is 16.0. The number of nitrogen functional groups attached to an aromatic ring is 1. The van der Waals surface area contributed by atoms with Crippen LogP contribution in [0.25, 0.3) is 22.7 Å². The first-order valence-electron chi connectivity index (χ1n) is 6.59. The van der Waals surface area contributed by atoms with Gasteiger partial charge >= 0.3 is 0 Å². The lowest BCUT2D eigenvalue weighted by Crippen LogP contribution is -1.91. The summed E-state index contributed by atoms with van der Waals surface area (Å²) in [4.78, 5) is 12.2. The molecule has 0 unspecified atom stereocenters. The van der Waals surface area contributed by atoms with Crippen LogP contribution in [0.15, 0.2) is 34.9 Å². The summed E-state index contributed by atoms with van der Waals surface area (Å²) in [5.74, 6) is 1.63. The Morgan fingerprint density at radius 2 is 1.78 bits per heavy atom. The van der Waals surface area contributed by atoms with E-state index in [0.717, 1.165) is 0 Å². The molecule has 1 aromatic carbocycles. The van der Waals surface area contributed by atoms with Gasteiger partial charge < -0.3 is 19.6 Å². The van der Waals surface area contributed by atoms with Crippen molar-refractivity contribution in [3.05, 3.63) is 35.7 Å². The Labute approximate surface area is 137 Å². The van der Waals surface area contributed by atoms with Crippen molar-refractivity contribution < 1.29 is 13.9 Å². The van der Waals surface area contributed by atoms with E-state index in [-0.39, 0.29) is 11.3 Å². The van der Waals surface area contributed by atoms with Crippen molar-refractivity contribution in [1.29, 1.82) is 0 Å². The SMILES string of the molecule is COc1cc(OC)cc(-c2nc(N)oc2-c2ccnc(Cl)n2)c1. The van der Waals surface area contributed by atoms with Crippen molar-refractivity contribution in [3.63, 3.8) is 0 Å². The van der Waals surface area contributed by atoms with Gasteiger partial charge in [0.25, 0.3) is 6.01 Å². The summed E-state index contributed by atoms with van der Waals surface area (Å²) in [6.07, 6.45) is 1.53. The smallest absolute Gasteiger partial charge is 0.293 e. The van der Waals surface area contributed by atoms with Crippen LogP contribution in [0, 0.1) is 0 Å². The maximum absolute atomic E-state index is 5.84. The minimum Gasteiger partial charge on any atom is -0.497 e. The average Bonchev–Trinajstić information content (AvgIpc) is 2.96. The molecule has 0 bridgehead atoms. The van der Waals surface area contributed by atoms with Gasteiger partial charge in [-0.1, -0.05) is 0 Å². The predicted octanol–water partition coefficient (Wildman–Crippen LogP) is 3.05. The van der Waals surface area contributed by atoms with Crippen LogP contribution in [0.1, 0.15) is 0 Å². The maximum atomic E-state index is 5.84. The van der Waals surface area contributed by atoms with Crippen LogP contribution in [0.5, 0.6) is 11.5 Å². The molecule has 0 radical (unpaired) electrons. The number of rotatable bonds is 4. The first-order chi connectivity index (χ1) is 11.1. The third-order valence-corrected chi connectivity index (χ3v) is 3.31. The monoisotopic (exact) mass is 332 g/mol. The second-order valence-corrected chi connectivity index (χ2v) is 4.88. The lowest BCUT2D eigenvalue weighted by molar-refractivity contribution is 0.394. The number of oxazole rings is 1. The van der Waals surface area contributed by atoms with Gasteiger partial charge in [0, 0.05) is 17.8 Å². The number of methoxy groups -OCH3 is 2. The fourth-order valence-electron chi connectivity index (χ4n) is 2.11. The molecule has 0 saturated carbocycles. The molecule has 0 amide bonds. The molecule has 3 rings (SSSR count). The van der Waals surface area contributed by atoms with Crippen LogP contribution in [0.4, 0.5) is 6.01 Å². The molecule has 0 atom stereocenters. The summed E-state index contributed by atoms with van der Waals surface area (Å²) in [6.45, 7) is 0. The molecule has 2 aromatic heterocycles. The third kappa shape index (κ3) is 3.04. The molecule has 7 nitrogen and oxygen atoms in total. The largest absolute Gasteiger partial charge is 0.497 e. The fraction of sp³-hybridized carbons (Fsp3) is 0.133. The lowest BCUT2D eigenvalue weighted by atomic mass is 10.1. The van der Waals surface area contributed by atoms with Gasteiger partial charge in [-0.3, -0.25) is 0 Å². The molecule has 0 aliphatic rings. The second kappa shape index (κ2) is 6.13. The third-order valence-electron chi connectivity index (χ3n) is 3.13. The Balaban J connectivity index is 2.18. The molecule has 118 valence electrons. The number of nitrogens with two attached hydrogens (primary N) is 1. The molecule has 0 aliphatic carbocycles. The number of ether oxygens (including phenoxy) is 2. The van der Waals surface area contributed by atoms with Gasteiger partial charge in [0.1, 0.15) is 22.9 Å². The first-order valence-corrected chi connectivity index (χ1v) is 6.97. The molecule has 0 spiro atoms. The molecular weight excluding hydrogens is 320 g/mol. The van der Waals surface area contributed by atoms with E-state index in [2.05, 4.69) is 15.0 Å². The Kier molecular flexibility index (Phi) is 4.03. The van der Waals surface area contributed by atoms with Crippen molar-refractivity contribution in [3.8, 4) is 34.2 Å². The maximum Gasteiger partial charge on any atom is 0.293 e. The Bertz CT molecular complexity index is 828. The second-order valence-electron chi connectivity index (χ2n) is 4.54. The zero-order valence-corrected chi connectivity index (χ0v) is 13.2. The quantitative estimate of drug-likeness (QED) is 0.733. The highest BCUT2D eigenvalue weighted by atomic mass is 35.5. The van der Waals surface area contributed by atoms with Crippen LogP contribution in [0.3, 0.4) is 0 Å². The van der Waals surface area contributed by atoms with Gasteiger partial charge in [-0.25, -0.2) is 9.97 Å². The number of nitrogens with zero attached hydrogens (tertiary/aromatic N) is 3. The summed E-state index contributed by atoms with van der Waals surface area (Å²) in [6, 6.07) is 7.03. The van der Waals surface area contributed by atoms with E-state index >= 15 is 0 Å². The summed E-state index contributed by atoms with van der Waals surface area (Å²) in [7, 11) is 3.14. The highest BCUT2D eigenvalue weighted by Crippen LogP contribution is 2.36. The van der Waals surface area contributed by atoms with Gasteiger partial charge in [0.05, 0.1) is 14.2 Å². The van der Waals surface area contributed by atoms with Gasteiger partial charge in [-0.2, -0.15) is 4.98 Å². The molecule has 8 heteroatoms. The van der Waals surface area contributed by atoms with Crippen LogP contribution in [0.2, 0.25) is 5.28 Å². The molecule has 23 heavy (non-hydrogen) atoms. The van der Waals surface area contributed by atoms with E-state index in [0.29, 0.717) is 34.2 Å². The van der Waals surface area contributed by atoms with Gasteiger partial charge in [0.15, 0.2) is 5.76 Å². The summed E-state index contributed by atoms with van der Waals surface area (Å²) >= 11 is 5.84. The van der Waals surface area contributed by atoms with Crippen LogP contribution >= 0.6 is 11.6 Å². The average molecular weight is 333 g/mol. The first kappa shape index (κ1) is 15.1. The molecule has 2 N–H and O–H groups in total. The minimum absolute atomic E-state index is 0.0199. The zero-order chi connectivity index (χ0) is 16.4. The Hall–Kier alpha value is -2.80. The van der Waals surface area contributed by atoms with Gasteiger partial charge in [-0.05, 0) is 29.8 Å². The normalized spacial score (nSPS) is 10.6. The van der Waals surface area contributed by atoms with Crippen molar-refractivity contribution in [1.82, 2.24) is 15.0 Å². The fourth-order valence-corrected chi connectivity index (χ4v) is 2.26. The van der Waals surface area contributed by atoms with Crippen molar-refractivity contribution in [2.45, 2.75) is 0 Å². The molecule has 2 heterocycles. The summed E-state index contributed by atoms with van der Waals surface area (Å²) in [5, 5.41) is 0.103. The molecule has 0 fully saturated rings. The van der Waals surface area contributed by atoms with E-state index in [9.17, 15) is 0 Å². The van der Waals surface area contributed by atoms with Crippen LogP contribution < -0.4 is 15.2 Å². The molecule has 0 aliphatic heterocycles. The number of hydrogen-bond acceptors (Lipinski definition) is 7. The molecule has 3 aromatic rings. The van der Waals surface area contributed by atoms with Crippen molar-refractivity contribution in [2.75, 3.05) is 20.0 Å². The van der Waals surface area contributed by atoms with E-state index in [1.165, 1.54) is 6.20 Å². The lowest BCUT2D eigenvalue weighted by Gasteiger charge is -2.07. The molecular formula is C15H13ClN4O3. The van der Waals surface area contributed by atoms with Crippen molar-refractivity contribution in [2.24, 2.45) is 0 Å². The Morgan fingerprint density at radius 1 is 1.09 bits per heavy atom. The van der Waals surface area contributed by atoms with Crippen LogP contribution in [-0.2, 0) is 0 Å². The van der Waals surface area contributed by atoms with Gasteiger partial charge in [-0.15, -0.1) is 0 Å².